The second kappa shape index (κ2) is 6.17. The topological polar surface area (TPSA) is 24.4 Å². The van der Waals surface area contributed by atoms with E-state index < -0.39 is 0 Å². The van der Waals surface area contributed by atoms with Gasteiger partial charge in [-0.3, -0.25) is 5.43 Å². The fourth-order valence-electron chi connectivity index (χ4n) is 2.84. The molecule has 0 amide bonds. The van der Waals surface area contributed by atoms with Crippen LogP contribution in [0.15, 0.2) is 90.0 Å². The summed E-state index contributed by atoms with van der Waals surface area (Å²) in [5.74, 6) is 0. The highest BCUT2D eigenvalue weighted by Crippen LogP contribution is 2.40. The monoisotopic (exact) mass is 330 g/mol. The zero-order valence-corrected chi connectivity index (χ0v) is 14.3. The lowest BCUT2D eigenvalue weighted by molar-refractivity contribution is 0.563. The zero-order chi connectivity index (χ0) is 16.4. The molecule has 1 atom stereocenters. The standard InChI is InChI=1S/C21H18N2S/c1-21(23-22-20(24-21)18-10-6-3-7-11-18)19-14-12-17(13-15-19)16-8-4-2-5-9-16/h2-15,23H,1H3. The Kier molecular flexibility index (Phi) is 3.87. The highest BCUT2D eigenvalue weighted by Gasteiger charge is 2.34. The minimum Gasteiger partial charge on any atom is -0.288 e. The summed E-state index contributed by atoms with van der Waals surface area (Å²) in [5, 5.41) is 5.58. The van der Waals surface area contributed by atoms with E-state index >= 15 is 0 Å². The van der Waals surface area contributed by atoms with Gasteiger partial charge >= 0.3 is 0 Å². The lowest BCUT2D eigenvalue weighted by atomic mass is 10.0. The van der Waals surface area contributed by atoms with Crippen LogP contribution < -0.4 is 5.43 Å². The molecule has 1 aliphatic rings. The number of rotatable bonds is 3. The Morgan fingerprint density at radius 1 is 0.708 bits per heavy atom. The molecule has 118 valence electrons. The largest absolute Gasteiger partial charge is 0.288 e. The maximum Gasteiger partial charge on any atom is 0.128 e. The second-order valence-corrected chi connectivity index (χ2v) is 7.38. The predicted octanol–water partition coefficient (Wildman–Crippen LogP) is 5.22. The Hall–Kier alpha value is -2.52. The van der Waals surface area contributed by atoms with Gasteiger partial charge in [-0.15, -0.1) is 0 Å². The number of hydrogen-bond donors (Lipinski definition) is 1. The number of nitrogens with one attached hydrogen (secondary N) is 1. The summed E-state index contributed by atoms with van der Waals surface area (Å²) < 4.78 is 0. The Bertz CT molecular complexity index is 857. The summed E-state index contributed by atoms with van der Waals surface area (Å²) in [6.45, 7) is 2.18. The van der Waals surface area contributed by atoms with Crippen LogP contribution in [0.5, 0.6) is 0 Å². The molecule has 0 saturated heterocycles. The first-order valence-corrected chi connectivity index (χ1v) is 8.81. The van der Waals surface area contributed by atoms with Gasteiger partial charge in [-0.25, -0.2) is 0 Å². The summed E-state index contributed by atoms with van der Waals surface area (Å²) in [6.07, 6.45) is 0. The zero-order valence-electron chi connectivity index (χ0n) is 13.4. The van der Waals surface area contributed by atoms with Gasteiger partial charge in [0.15, 0.2) is 0 Å². The van der Waals surface area contributed by atoms with Gasteiger partial charge in [0.2, 0.25) is 0 Å². The Morgan fingerprint density at radius 2 is 1.25 bits per heavy atom. The van der Waals surface area contributed by atoms with E-state index in [9.17, 15) is 0 Å². The third kappa shape index (κ3) is 2.83. The van der Waals surface area contributed by atoms with E-state index in [4.69, 9.17) is 0 Å². The van der Waals surface area contributed by atoms with Crippen LogP contribution in [0.2, 0.25) is 0 Å². The normalized spacial score (nSPS) is 19.6. The third-order valence-electron chi connectivity index (χ3n) is 4.24. The van der Waals surface area contributed by atoms with E-state index in [1.165, 1.54) is 16.7 Å². The molecule has 24 heavy (non-hydrogen) atoms. The van der Waals surface area contributed by atoms with E-state index in [0.717, 1.165) is 10.6 Å². The van der Waals surface area contributed by atoms with E-state index in [1.807, 2.05) is 24.3 Å². The quantitative estimate of drug-likeness (QED) is 0.711. The van der Waals surface area contributed by atoms with Crippen LogP contribution in [0.3, 0.4) is 0 Å². The molecule has 3 aromatic rings. The summed E-state index contributed by atoms with van der Waals surface area (Å²) >= 11 is 1.76. The number of thioether (sulfide) groups is 1. The molecule has 3 aromatic carbocycles. The summed E-state index contributed by atoms with van der Waals surface area (Å²) in [4.78, 5) is -0.236. The molecule has 1 heterocycles. The molecule has 1 N–H and O–H groups in total. The van der Waals surface area contributed by atoms with Crippen LogP contribution in [0.4, 0.5) is 0 Å². The molecule has 3 heteroatoms. The van der Waals surface area contributed by atoms with Gasteiger partial charge in [-0.2, -0.15) is 5.10 Å². The molecule has 4 rings (SSSR count). The molecule has 1 unspecified atom stereocenters. The van der Waals surface area contributed by atoms with Crippen molar-refractivity contribution in [2.75, 3.05) is 0 Å². The Labute approximate surface area is 146 Å². The number of hydrazone groups is 1. The molecule has 0 fully saturated rings. The molecule has 0 aromatic heterocycles. The van der Waals surface area contributed by atoms with Crippen LogP contribution >= 0.6 is 11.8 Å². The van der Waals surface area contributed by atoms with Crippen LogP contribution in [0, 0.1) is 0 Å². The van der Waals surface area contributed by atoms with Crippen molar-refractivity contribution in [1.82, 2.24) is 5.43 Å². The molecule has 1 aliphatic heterocycles. The highest BCUT2D eigenvalue weighted by atomic mass is 32.2. The van der Waals surface area contributed by atoms with Gasteiger partial charge in [-0.05, 0) is 23.6 Å². The van der Waals surface area contributed by atoms with Crippen molar-refractivity contribution < 1.29 is 0 Å². The average Bonchev–Trinajstić information content (AvgIpc) is 3.07. The van der Waals surface area contributed by atoms with Gasteiger partial charge in [0.25, 0.3) is 0 Å². The van der Waals surface area contributed by atoms with Crippen molar-refractivity contribution in [3.05, 3.63) is 96.1 Å². The lowest BCUT2D eigenvalue weighted by Gasteiger charge is -2.23. The minimum absolute atomic E-state index is 0.236. The van der Waals surface area contributed by atoms with Gasteiger partial charge in [0.1, 0.15) is 9.91 Å². The fraction of sp³-hybridized carbons (Fsp3) is 0.0952. The Balaban J connectivity index is 1.56. The van der Waals surface area contributed by atoms with Crippen LogP contribution in [-0.4, -0.2) is 5.04 Å². The first-order chi connectivity index (χ1) is 11.7. The van der Waals surface area contributed by atoms with E-state index in [1.54, 1.807) is 11.8 Å². The van der Waals surface area contributed by atoms with E-state index in [2.05, 4.69) is 78.1 Å². The first kappa shape index (κ1) is 15.0. The van der Waals surface area contributed by atoms with Crippen LogP contribution in [-0.2, 0) is 4.87 Å². The van der Waals surface area contributed by atoms with Crippen molar-refractivity contribution >= 4 is 16.8 Å². The highest BCUT2D eigenvalue weighted by molar-refractivity contribution is 8.15. The fourth-order valence-corrected chi connectivity index (χ4v) is 3.91. The molecule has 2 nitrogen and oxygen atoms in total. The number of benzene rings is 3. The molecular formula is C21H18N2S. The van der Waals surface area contributed by atoms with Crippen molar-refractivity contribution in [1.29, 1.82) is 0 Å². The smallest absolute Gasteiger partial charge is 0.128 e. The van der Waals surface area contributed by atoms with Gasteiger partial charge in [0.05, 0.1) is 0 Å². The van der Waals surface area contributed by atoms with Crippen LogP contribution in [0.25, 0.3) is 11.1 Å². The third-order valence-corrected chi connectivity index (χ3v) is 5.49. The van der Waals surface area contributed by atoms with Gasteiger partial charge in [0, 0.05) is 5.56 Å². The van der Waals surface area contributed by atoms with Gasteiger partial charge < -0.3 is 0 Å². The second-order valence-electron chi connectivity index (χ2n) is 5.97. The van der Waals surface area contributed by atoms with Crippen molar-refractivity contribution in [3.63, 3.8) is 0 Å². The molecule has 0 saturated carbocycles. The van der Waals surface area contributed by atoms with E-state index in [-0.39, 0.29) is 4.87 Å². The number of nitrogens with zero attached hydrogens (tertiary/aromatic N) is 1. The molecule has 0 radical (unpaired) electrons. The van der Waals surface area contributed by atoms with E-state index in [0.29, 0.717) is 0 Å². The Morgan fingerprint density at radius 3 is 1.88 bits per heavy atom. The summed E-state index contributed by atoms with van der Waals surface area (Å²) in [7, 11) is 0. The lowest BCUT2D eigenvalue weighted by Crippen LogP contribution is -2.28. The first-order valence-electron chi connectivity index (χ1n) is 8.00. The maximum absolute atomic E-state index is 4.55. The molecule has 0 spiro atoms. The SMILES string of the molecule is CC1(c2ccc(-c3ccccc3)cc2)NN=C(c2ccccc2)S1. The van der Waals surface area contributed by atoms with Crippen LogP contribution in [0.1, 0.15) is 18.1 Å². The summed E-state index contributed by atoms with van der Waals surface area (Å²) in [6, 6.07) is 29.5. The number of hydrogen-bond acceptors (Lipinski definition) is 3. The average molecular weight is 330 g/mol. The van der Waals surface area contributed by atoms with Crippen molar-refractivity contribution in [3.8, 4) is 11.1 Å². The summed E-state index contributed by atoms with van der Waals surface area (Å²) in [5.41, 5.74) is 8.15. The molecule has 0 aliphatic carbocycles. The molecular weight excluding hydrogens is 312 g/mol. The maximum atomic E-state index is 4.55. The van der Waals surface area contributed by atoms with Gasteiger partial charge in [-0.1, -0.05) is 96.7 Å². The predicted molar refractivity (Wildman–Crippen MR) is 103 cm³/mol. The molecule has 0 bridgehead atoms. The van der Waals surface area contributed by atoms with Crippen molar-refractivity contribution in [2.24, 2.45) is 5.10 Å². The minimum atomic E-state index is -0.236. The van der Waals surface area contributed by atoms with Crippen molar-refractivity contribution in [2.45, 2.75) is 11.8 Å².